The zero-order valence-electron chi connectivity index (χ0n) is 10.8. The van der Waals surface area contributed by atoms with Crippen LogP contribution in [0.1, 0.15) is 28.0 Å². The van der Waals surface area contributed by atoms with E-state index in [0.717, 1.165) is 47.1 Å². The number of aromatic amines is 1. The van der Waals surface area contributed by atoms with Crippen LogP contribution in [0.2, 0.25) is 0 Å². The van der Waals surface area contributed by atoms with Crippen LogP contribution in [0.25, 0.3) is 16.5 Å². The van der Waals surface area contributed by atoms with Crippen molar-refractivity contribution in [3.63, 3.8) is 0 Å². The number of carboxylic acid groups (broad SMARTS) is 1. The predicted molar refractivity (Wildman–Crippen MR) is 75.5 cm³/mol. The molecule has 0 unspecified atom stereocenters. The van der Waals surface area contributed by atoms with Crippen LogP contribution >= 0.6 is 0 Å². The number of aryl methyl sites for hydroxylation is 1. The minimum atomic E-state index is -0.898. The van der Waals surface area contributed by atoms with Gasteiger partial charge in [0.15, 0.2) is 0 Å². The molecule has 0 spiro atoms. The lowest BCUT2D eigenvalue weighted by atomic mass is 9.96. The van der Waals surface area contributed by atoms with Crippen LogP contribution in [0.4, 0.5) is 0 Å². The monoisotopic (exact) mass is 256 g/mol. The highest BCUT2D eigenvalue weighted by Crippen LogP contribution is 2.32. The molecule has 0 saturated heterocycles. The van der Waals surface area contributed by atoms with Gasteiger partial charge in [-0.15, -0.1) is 0 Å². The topological polar surface area (TPSA) is 65.1 Å². The molecule has 3 N–H and O–H groups in total. The summed E-state index contributed by atoms with van der Waals surface area (Å²) < 4.78 is 0. The minimum absolute atomic E-state index is 0.303. The zero-order valence-corrected chi connectivity index (χ0v) is 10.8. The lowest BCUT2D eigenvalue weighted by Crippen LogP contribution is -2.20. The fraction of sp³-hybridized carbons (Fsp3) is 0.267. The molecule has 2 heterocycles. The van der Waals surface area contributed by atoms with Crippen molar-refractivity contribution in [3.8, 4) is 0 Å². The number of hydrogen-bond donors (Lipinski definition) is 3. The van der Waals surface area contributed by atoms with Crippen molar-refractivity contribution < 1.29 is 9.90 Å². The zero-order chi connectivity index (χ0) is 13.4. The van der Waals surface area contributed by atoms with Crippen LogP contribution < -0.4 is 5.32 Å². The molecule has 1 aliphatic rings. The number of benzene rings is 1. The number of para-hydroxylation sites is 1. The van der Waals surface area contributed by atoms with E-state index in [9.17, 15) is 9.90 Å². The Morgan fingerprint density at radius 1 is 1.37 bits per heavy atom. The van der Waals surface area contributed by atoms with Gasteiger partial charge in [0.1, 0.15) is 5.69 Å². The van der Waals surface area contributed by atoms with E-state index in [1.165, 1.54) is 0 Å². The maximum Gasteiger partial charge on any atom is 0.352 e. The number of H-pyrrole nitrogens is 1. The number of aromatic nitrogens is 1. The fourth-order valence-corrected chi connectivity index (χ4v) is 2.71. The Morgan fingerprint density at radius 2 is 2.21 bits per heavy atom. The fourth-order valence-electron chi connectivity index (χ4n) is 2.71. The van der Waals surface area contributed by atoms with Gasteiger partial charge in [-0.25, -0.2) is 4.79 Å². The molecule has 2 aromatic rings. The first-order chi connectivity index (χ1) is 9.18. The van der Waals surface area contributed by atoms with Crippen molar-refractivity contribution in [2.75, 3.05) is 13.1 Å². The van der Waals surface area contributed by atoms with Gasteiger partial charge in [0, 0.05) is 23.0 Å². The van der Waals surface area contributed by atoms with Gasteiger partial charge in [-0.1, -0.05) is 24.3 Å². The molecule has 0 amide bonds. The molecule has 0 fully saturated rings. The Morgan fingerprint density at radius 3 is 2.89 bits per heavy atom. The molecular weight excluding hydrogens is 240 g/mol. The van der Waals surface area contributed by atoms with E-state index in [4.69, 9.17) is 0 Å². The van der Waals surface area contributed by atoms with Crippen LogP contribution in [0.15, 0.2) is 24.3 Å². The molecule has 0 radical (unpaired) electrons. The second kappa shape index (κ2) is 4.55. The lowest BCUT2D eigenvalue weighted by molar-refractivity contribution is 0.0691. The van der Waals surface area contributed by atoms with Gasteiger partial charge in [-0.05, 0) is 31.0 Å². The summed E-state index contributed by atoms with van der Waals surface area (Å²) in [4.78, 5) is 14.5. The molecule has 0 aliphatic carbocycles. The maximum atomic E-state index is 11.5. The predicted octanol–water partition coefficient (Wildman–Crippen LogP) is 2.55. The van der Waals surface area contributed by atoms with Crippen LogP contribution in [-0.4, -0.2) is 29.1 Å². The molecule has 0 bridgehead atoms. The Labute approximate surface area is 111 Å². The highest BCUT2D eigenvalue weighted by atomic mass is 16.4. The van der Waals surface area contributed by atoms with Gasteiger partial charge in [0.2, 0.25) is 0 Å². The highest BCUT2D eigenvalue weighted by molar-refractivity contribution is 6.05. The third-order valence-electron chi connectivity index (χ3n) is 3.64. The summed E-state index contributed by atoms with van der Waals surface area (Å²) in [5.74, 6) is -0.898. The molecule has 1 aromatic carbocycles. The van der Waals surface area contributed by atoms with Crippen molar-refractivity contribution in [1.82, 2.24) is 10.3 Å². The summed E-state index contributed by atoms with van der Waals surface area (Å²) in [5, 5.41) is 13.7. The van der Waals surface area contributed by atoms with Crippen LogP contribution in [0.5, 0.6) is 0 Å². The molecule has 1 aliphatic heterocycles. The van der Waals surface area contributed by atoms with Gasteiger partial charge in [0.05, 0.1) is 0 Å². The Balaban J connectivity index is 2.31. The molecule has 98 valence electrons. The average Bonchev–Trinajstić information content (AvgIpc) is 2.81. The number of carboxylic acids is 1. The van der Waals surface area contributed by atoms with Crippen molar-refractivity contribution in [2.45, 2.75) is 13.3 Å². The molecule has 0 atom stereocenters. The van der Waals surface area contributed by atoms with Crippen LogP contribution in [-0.2, 0) is 0 Å². The van der Waals surface area contributed by atoms with E-state index in [0.29, 0.717) is 5.69 Å². The summed E-state index contributed by atoms with van der Waals surface area (Å²) >= 11 is 0. The molecular formula is C15H16N2O2. The van der Waals surface area contributed by atoms with Crippen LogP contribution in [0.3, 0.4) is 0 Å². The Hall–Kier alpha value is -2.07. The van der Waals surface area contributed by atoms with Gasteiger partial charge >= 0.3 is 5.97 Å². The number of nitrogens with one attached hydrogen (secondary N) is 2. The SMILES string of the molecule is Cc1cccc2c(C3=CCNCC3)c(C(=O)O)[nH]c12. The molecule has 4 nitrogen and oxygen atoms in total. The quantitative estimate of drug-likeness (QED) is 0.773. The van der Waals surface area contributed by atoms with E-state index in [2.05, 4.69) is 16.4 Å². The number of hydrogen-bond acceptors (Lipinski definition) is 2. The molecule has 19 heavy (non-hydrogen) atoms. The number of aromatic carboxylic acids is 1. The second-order valence-electron chi connectivity index (χ2n) is 4.86. The largest absolute Gasteiger partial charge is 0.477 e. The van der Waals surface area contributed by atoms with E-state index in [1.807, 2.05) is 25.1 Å². The summed E-state index contributed by atoms with van der Waals surface area (Å²) in [6.07, 6.45) is 2.95. The lowest BCUT2D eigenvalue weighted by Gasteiger charge is -2.14. The first kappa shape index (κ1) is 12.0. The summed E-state index contributed by atoms with van der Waals surface area (Å²) in [5.41, 5.74) is 4.27. The Kier molecular flexibility index (Phi) is 2.87. The van der Waals surface area contributed by atoms with Gasteiger partial charge in [-0.3, -0.25) is 0 Å². The normalized spacial score (nSPS) is 15.5. The highest BCUT2D eigenvalue weighted by Gasteiger charge is 2.21. The molecule has 1 aromatic heterocycles. The second-order valence-corrected chi connectivity index (χ2v) is 4.86. The van der Waals surface area contributed by atoms with Crippen molar-refractivity contribution >= 4 is 22.4 Å². The molecule has 3 rings (SSSR count). The van der Waals surface area contributed by atoms with Crippen molar-refractivity contribution in [2.24, 2.45) is 0 Å². The average molecular weight is 256 g/mol. The van der Waals surface area contributed by atoms with Gasteiger partial charge in [-0.2, -0.15) is 0 Å². The third kappa shape index (κ3) is 1.94. The summed E-state index contributed by atoms with van der Waals surface area (Å²) in [6.45, 7) is 3.68. The maximum absolute atomic E-state index is 11.5. The van der Waals surface area contributed by atoms with Crippen LogP contribution in [0, 0.1) is 6.92 Å². The standard InChI is InChI=1S/C15H16N2O2/c1-9-3-2-4-11-12(10-5-7-16-8-6-10)14(15(18)19)17-13(9)11/h2-5,16-17H,6-8H2,1H3,(H,18,19). The van der Waals surface area contributed by atoms with E-state index >= 15 is 0 Å². The van der Waals surface area contributed by atoms with Gasteiger partial charge in [0.25, 0.3) is 0 Å². The van der Waals surface area contributed by atoms with Gasteiger partial charge < -0.3 is 15.4 Å². The first-order valence-corrected chi connectivity index (χ1v) is 6.43. The number of rotatable bonds is 2. The first-order valence-electron chi connectivity index (χ1n) is 6.43. The summed E-state index contributed by atoms with van der Waals surface area (Å²) in [7, 11) is 0. The van der Waals surface area contributed by atoms with E-state index in [-0.39, 0.29) is 0 Å². The summed E-state index contributed by atoms with van der Waals surface area (Å²) in [6, 6.07) is 5.96. The number of fused-ring (bicyclic) bond motifs is 1. The minimum Gasteiger partial charge on any atom is -0.477 e. The third-order valence-corrected chi connectivity index (χ3v) is 3.64. The smallest absolute Gasteiger partial charge is 0.352 e. The molecule has 4 heteroatoms. The van der Waals surface area contributed by atoms with E-state index < -0.39 is 5.97 Å². The van der Waals surface area contributed by atoms with E-state index in [1.54, 1.807) is 0 Å². The van der Waals surface area contributed by atoms with Crippen molar-refractivity contribution in [3.05, 3.63) is 41.1 Å². The van der Waals surface area contributed by atoms with Crippen molar-refractivity contribution in [1.29, 1.82) is 0 Å². The number of carbonyl (C=O) groups is 1. The Bertz CT molecular complexity index is 683. The molecule has 0 saturated carbocycles.